The first-order valence-electron chi connectivity index (χ1n) is 3.34. The lowest BCUT2D eigenvalue weighted by Crippen LogP contribution is -2.35. The van der Waals surface area contributed by atoms with E-state index < -0.39 is 10.2 Å². The molecule has 1 fully saturated rings. The largest absolute Gasteiger partial charge is 0.380 e. The summed E-state index contributed by atoms with van der Waals surface area (Å²) in [6.07, 6.45) is 0.737. The predicted octanol–water partition coefficient (Wildman–Crippen LogP) is -1.09. The van der Waals surface area contributed by atoms with Crippen molar-refractivity contribution in [2.45, 2.75) is 12.5 Å². The Morgan fingerprint density at radius 1 is 1.64 bits per heavy atom. The van der Waals surface area contributed by atoms with Gasteiger partial charge in [-0.3, -0.25) is 0 Å². The van der Waals surface area contributed by atoms with Crippen LogP contribution in [0.4, 0.5) is 0 Å². The van der Waals surface area contributed by atoms with Crippen molar-refractivity contribution in [2.24, 2.45) is 5.14 Å². The fourth-order valence-electron chi connectivity index (χ4n) is 1.12. The Kier molecular flexibility index (Phi) is 2.48. The van der Waals surface area contributed by atoms with Gasteiger partial charge in [-0.1, -0.05) is 0 Å². The number of methoxy groups -OCH3 is 1. The third-order valence-corrected chi connectivity index (χ3v) is 2.85. The monoisotopic (exact) mass is 180 g/mol. The van der Waals surface area contributed by atoms with Crippen LogP contribution in [0, 0.1) is 0 Å². The highest BCUT2D eigenvalue weighted by Crippen LogP contribution is 2.13. The molecular weight excluding hydrogens is 168 g/mol. The molecule has 0 bridgehead atoms. The maximum atomic E-state index is 10.7. The quantitative estimate of drug-likeness (QED) is 0.587. The van der Waals surface area contributed by atoms with Crippen molar-refractivity contribution in [1.82, 2.24) is 4.31 Å². The lowest BCUT2D eigenvalue weighted by molar-refractivity contribution is 0.115. The van der Waals surface area contributed by atoms with Crippen molar-refractivity contribution in [2.75, 3.05) is 20.2 Å². The average Bonchev–Trinajstić information content (AvgIpc) is 2.32. The highest BCUT2D eigenvalue weighted by Gasteiger charge is 2.28. The highest BCUT2D eigenvalue weighted by molar-refractivity contribution is 7.86. The van der Waals surface area contributed by atoms with Gasteiger partial charge in [0.15, 0.2) is 0 Å². The molecule has 0 saturated carbocycles. The summed E-state index contributed by atoms with van der Waals surface area (Å²) in [4.78, 5) is 0. The maximum absolute atomic E-state index is 10.7. The van der Waals surface area contributed by atoms with E-state index in [2.05, 4.69) is 0 Å². The van der Waals surface area contributed by atoms with Crippen LogP contribution in [0.5, 0.6) is 0 Å². The van der Waals surface area contributed by atoms with Crippen LogP contribution in [-0.4, -0.2) is 39.0 Å². The molecule has 0 aliphatic carbocycles. The molecule has 0 aromatic rings. The summed E-state index contributed by atoms with van der Waals surface area (Å²) < 4.78 is 27.7. The van der Waals surface area contributed by atoms with Gasteiger partial charge >= 0.3 is 0 Å². The Bertz CT molecular complexity index is 226. The van der Waals surface area contributed by atoms with Crippen LogP contribution in [0.1, 0.15) is 6.42 Å². The summed E-state index contributed by atoms with van der Waals surface area (Å²) in [5, 5.41) is 4.90. The van der Waals surface area contributed by atoms with Crippen molar-refractivity contribution in [1.29, 1.82) is 0 Å². The Hall–Kier alpha value is -0.170. The number of nitrogens with zero attached hydrogens (tertiary/aromatic N) is 1. The van der Waals surface area contributed by atoms with Crippen LogP contribution in [0.2, 0.25) is 0 Å². The van der Waals surface area contributed by atoms with Crippen LogP contribution >= 0.6 is 0 Å². The molecule has 6 heteroatoms. The zero-order chi connectivity index (χ0) is 8.48. The van der Waals surface area contributed by atoms with Gasteiger partial charge in [0.2, 0.25) is 0 Å². The molecular formula is C5H12N2O3S. The second-order valence-electron chi connectivity index (χ2n) is 2.55. The average molecular weight is 180 g/mol. The summed E-state index contributed by atoms with van der Waals surface area (Å²) in [5.74, 6) is 0. The van der Waals surface area contributed by atoms with E-state index >= 15 is 0 Å². The molecule has 0 amide bonds. The molecule has 1 aliphatic heterocycles. The van der Waals surface area contributed by atoms with E-state index in [4.69, 9.17) is 9.88 Å². The van der Waals surface area contributed by atoms with Crippen molar-refractivity contribution in [3.05, 3.63) is 0 Å². The van der Waals surface area contributed by atoms with E-state index in [1.165, 1.54) is 4.31 Å². The third-order valence-electron chi connectivity index (χ3n) is 1.80. The van der Waals surface area contributed by atoms with Crippen LogP contribution in [-0.2, 0) is 14.9 Å². The van der Waals surface area contributed by atoms with E-state index in [9.17, 15) is 8.42 Å². The molecule has 0 aromatic carbocycles. The number of rotatable bonds is 2. The molecule has 2 N–H and O–H groups in total. The molecule has 0 aromatic heterocycles. The zero-order valence-electron chi connectivity index (χ0n) is 6.36. The topological polar surface area (TPSA) is 72.6 Å². The summed E-state index contributed by atoms with van der Waals surface area (Å²) >= 11 is 0. The summed E-state index contributed by atoms with van der Waals surface area (Å²) in [6.45, 7) is 0.854. The van der Waals surface area contributed by atoms with Crippen molar-refractivity contribution in [3.63, 3.8) is 0 Å². The van der Waals surface area contributed by atoms with E-state index in [1.807, 2.05) is 0 Å². The van der Waals surface area contributed by atoms with Crippen molar-refractivity contribution in [3.8, 4) is 0 Å². The Morgan fingerprint density at radius 2 is 2.27 bits per heavy atom. The van der Waals surface area contributed by atoms with Gasteiger partial charge in [0.25, 0.3) is 10.2 Å². The summed E-state index contributed by atoms with van der Waals surface area (Å²) in [5.41, 5.74) is 0. The minimum Gasteiger partial charge on any atom is -0.380 e. The molecule has 1 atom stereocenters. The first-order chi connectivity index (χ1) is 5.04. The van der Waals surface area contributed by atoms with Gasteiger partial charge in [0.1, 0.15) is 0 Å². The van der Waals surface area contributed by atoms with Crippen LogP contribution in [0.3, 0.4) is 0 Å². The van der Waals surface area contributed by atoms with Gasteiger partial charge < -0.3 is 4.74 Å². The SMILES string of the molecule is CO[C@H]1CCN(S(N)(=O)=O)C1. The first-order valence-corrected chi connectivity index (χ1v) is 4.85. The minimum absolute atomic E-state index is 0.00771. The van der Waals surface area contributed by atoms with E-state index in [0.29, 0.717) is 13.1 Å². The lowest BCUT2D eigenvalue weighted by atomic mass is 10.3. The first kappa shape index (κ1) is 8.92. The molecule has 1 saturated heterocycles. The van der Waals surface area contributed by atoms with Gasteiger partial charge in [-0.05, 0) is 6.42 Å². The normalized spacial score (nSPS) is 27.6. The second kappa shape index (κ2) is 3.06. The summed E-state index contributed by atoms with van der Waals surface area (Å²) in [6, 6.07) is 0. The maximum Gasteiger partial charge on any atom is 0.276 e. The molecule has 0 radical (unpaired) electrons. The molecule has 66 valence electrons. The number of hydrogen-bond acceptors (Lipinski definition) is 3. The van der Waals surface area contributed by atoms with Crippen molar-refractivity contribution < 1.29 is 13.2 Å². The van der Waals surface area contributed by atoms with Crippen LogP contribution < -0.4 is 5.14 Å². The molecule has 0 spiro atoms. The Labute approximate surface area is 66.3 Å². The Balaban J connectivity index is 2.55. The zero-order valence-corrected chi connectivity index (χ0v) is 7.17. The highest BCUT2D eigenvalue weighted by atomic mass is 32.2. The van der Waals surface area contributed by atoms with Gasteiger partial charge in [0.05, 0.1) is 6.10 Å². The van der Waals surface area contributed by atoms with Crippen LogP contribution in [0.15, 0.2) is 0 Å². The van der Waals surface area contributed by atoms with Gasteiger partial charge in [0, 0.05) is 20.2 Å². The van der Waals surface area contributed by atoms with Crippen LogP contribution in [0.25, 0.3) is 0 Å². The molecule has 1 aliphatic rings. The number of ether oxygens (including phenoxy) is 1. The molecule has 5 nitrogen and oxygen atoms in total. The van der Waals surface area contributed by atoms with E-state index in [0.717, 1.165) is 6.42 Å². The fourth-order valence-corrected chi connectivity index (χ4v) is 1.86. The molecule has 0 unspecified atom stereocenters. The lowest BCUT2D eigenvalue weighted by Gasteiger charge is -2.11. The standard InChI is InChI=1S/C5H12N2O3S/c1-10-5-2-3-7(4-5)11(6,8)9/h5H,2-4H2,1H3,(H2,6,8,9)/t5-/m0/s1. The van der Waals surface area contributed by atoms with Gasteiger partial charge in [-0.2, -0.15) is 12.7 Å². The Morgan fingerprint density at radius 3 is 2.55 bits per heavy atom. The second-order valence-corrected chi connectivity index (χ2v) is 4.10. The van der Waals surface area contributed by atoms with Gasteiger partial charge in [-0.15, -0.1) is 0 Å². The molecule has 1 heterocycles. The smallest absolute Gasteiger partial charge is 0.276 e. The predicted molar refractivity (Wildman–Crippen MR) is 40.1 cm³/mol. The van der Waals surface area contributed by atoms with Crippen molar-refractivity contribution >= 4 is 10.2 Å². The molecule has 11 heavy (non-hydrogen) atoms. The minimum atomic E-state index is -3.49. The van der Waals surface area contributed by atoms with E-state index in [1.54, 1.807) is 7.11 Å². The number of nitrogens with two attached hydrogens (primary N) is 1. The van der Waals surface area contributed by atoms with E-state index in [-0.39, 0.29) is 6.10 Å². The third kappa shape index (κ3) is 2.13. The summed E-state index contributed by atoms with van der Waals surface area (Å²) in [7, 11) is -1.93. The fraction of sp³-hybridized carbons (Fsp3) is 1.00. The van der Waals surface area contributed by atoms with Gasteiger partial charge in [-0.25, -0.2) is 5.14 Å². The number of hydrogen-bond donors (Lipinski definition) is 1. The molecule has 1 rings (SSSR count).